The number of fused-ring (bicyclic) bond motifs is 2. The maximum Gasteiger partial charge on any atom is 0.251 e. The van der Waals surface area contributed by atoms with E-state index in [2.05, 4.69) is 20.2 Å². The van der Waals surface area contributed by atoms with Crippen molar-refractivity contribution < 1.29 is 9.59 Å². The van der Waals surface area contributed by atoms with Gasteiger partial charge in [0, 0.05) is 41.9 Å². The first kappa shape index (κ1) is 15.3. The summed E-state index contributed by atoms with van der Waals surface area (Å²) in [7, 11) is 0. The predicted octanol–water partition coefficient (Wildman–Crippen LogP) is 2.06. The molecule has 6 nitrogen and oxygen atoms in total. The third kappa shape index (κ3) is 2.80. The van der Waals surface area contributed by atoms with Gasteiger partial charge >= 0.3 is 0 Å². The fourth-order valence-electron chi connectivity index (χ4n) is 3.10. The first-order valence-electron chi connectivity index (χ1n) is 8.02. The minimum Gasteiger partial charge on any atom is -0.347 e. The van der Waals surface area contributed by atoms with E-state index in [1.165, 1.54) is 11.8 Å². The minimum atomic E-state index is -0.108. The molecule has 4 rings (SSSR count). The smallest absolute Gasteiger partial charge is 0.251 e. The molecule has 2 aliphatic heterocycles. The normalized spacial score (nSPS) is 22.3. The van der Waals surface area contributed by atoms with Gasteiger partial charge in [0.25, 0.3) is 5.91 Å². The molecular formula is C17H18N4O2S. The van der Waals surface area contributed by atoms with Crippen LogP contribution in [0.1, 0.15) is 29.5 Å². The third-order valence-electron chi connectivity index (χ3n) is 4.44. The van der Waals surface area contributed by atoms with Gasteiger partial charge < -0.3 is 15.2 Å². The molecule has 24 heavy (non-hydrogen) atoms. The summed E-state index contributed by atoms with van der Waals surface area (Å²) in [5, 5.41) is 5.84. The Morgan fingerprint density at radius 3 is 3.21 bits per heavy atom. The molecule has 2 N–H and O–H groups in total. The second-order valence-corrected chi connectivity index (χ2v) is 7.55. The van der Waals surface area contributed by atoms with Gasteiger partial charge in [-0.1, -0.05) is 0 Å². The van der Waals surface area contributed by atoms with E-state index in [1.54, 1.807) is 12.3 Å². The quantitative estimate of drug-likeness (QED) is 0.876. The Kier molecular flexibility index (Phi) is 3.80. The summed E-state index contributed by atoms with van der Waals surface area (Å²) >= 11 is 1.52. The number of rotatable bonds is 2. The van der Waals surface area contributed by atoms with Crippen LogP contribution in [0.5, 0.6) is 0 Å². The lowest BCUT2D eigenvalue weighted by Gasteiger charge is -2.25. The monoisotopic (exact) mass is 342 g/mol. The highest BCUT2D eigenvalue weighted by Crippen LogP contribution is 2.35. The lowest BCUT2D eigenvalue weighted by Crippen LogP contribution is -2.41. The van der Waals surface area contributed by atoms with Crippen LogP contribution in [0.2, 0.25) is 0 Å². The van der Waals surface area contributed by atoms with E-state index in [-0.39, 0.29) is 23.1 Å². The van der Waals surface area contributed by atoms with Crippen LogP contribution < -0.4 is 10.6 Å². The van der Waals surface area contributed by atoms with Crippen molar-refractivity contribution in [2.75, 3.05) is 5.32 Å². The summed E-state index contributed by atoms with van der Waals surface area (Å²) in [6.07, 6.45) is 5.50. The Hall–Kier alpha value is -2.28. The molecule has 0 bridgehead atoms. The molecule has 0 aliphatic carbocycles. The molecule has 0 spiro atoms. The molecule has 3 heterocycles. The van der Waals surface area contributed by atoms with Crippen LogP contribution in [0.25, 0.3) is 0 Å². The van der Waals surface area contributed by atoms with Crippen LogP contribution in [0.15, 0.2) is 35.5 Å². The van der Waals surface area contributed by atoms with Crippen molar-refractivity contribution in [1.82, 2.24) is 14.9 Å². The molecule has 0 unspecified atom stereocenters. The SMILES string of the molecule is C[C@@H]1Sc2ccc(C(=O)N[C@@H]3CCc4nccn4C3)cc2NC1=O. The van der Waals surface area contributed by atoms with Gasteiger partial charge in [0.2, 0.25) is 5.91 Å². The van der Waals surface area contributed by atoms with Crippen molar-refractivity contribution in [3.8, 4) is 0 Å². The molecular weight excluding hydrogens is 324 g/mol. The van der Waals surface area contributed by atoms with E-state index < -0.39 is 0 Å². The van der Waals surface area contributed by atoms with E-state index in [0.717, 1.165) is 35.8 Å². The van der Waals surface area contributed by atoms with E-state index in [1.807, 2.05) is 25.3 Å². The molecule has 2 amide bonds. The summed E-state index contributed by atoms with van der Waals surface area (Å²) in [5.74, 6) is 0.942. The van der Waals surface area contributed by atoms with Crippen molar-refractivity contribution in [3.63, 3.8) is 0 Å². The standard InChI is InChI=1S/C17H18N4O2S/c1-10-16(22)20-13-8-11(2-4-14(13)24-10)17(23)19-12-3-5-15-18-6-7-21(15)9-12/h2,4,6-8,10,12H,3,5,9H2,1H3,(H,19,23)(H,20,22)/t10-,12+/m0/s1. The highest BCUT2D eigenvalue weighted by molar-refractivity contribution is 8.00. The van der Waals surface area contributed by atoms with Crippen LogP contribution in [-0.2, 0) is 17.8 Å². The van der Waals surface area contributed by atoms with Crippen molar-refractivity contribution in [3.05, 3.63) is 42.0 Å². The summed E-state index contributed by atoms with van der Waals surface area (Å²) in [4.78, 5) is 29.6. The van der Waals surface area contributed by atoms with E-state index in [9.17, 15) is 9.59 Å². The summed E-state index contributed by atoms with van der Waals surface area (Å²) in [6.45, 7) is 2.62. The van der Waals surface area contributed by atoms with Gasteiger partial charge in [-0.25, -0.2) is 4.98 Å². The highest BCUT2D eigenvalue weighted by atomic mass is 32.2. The van der Waals surface area contributed by atoms with Crippen LogP contribution in [0, 0.1) is 0 Å². The van der Waals surface area contributed by atoms with Crippen LogP contribution in [0.3, 0.4) is 0 Å². The second kappa shape index (κ2) is 5.98. The molecule has 2 atom stereocenters. The van der Waals surface area contributed by atoms with Gasteiger partial charge in [-0.2, -0.15) is 0 Å². The number of hydrogen-bond acceptors (Lipinski definition) is 4. The molecule has 2 aliphatic rings. The zero-order chi connectivity index (χ0) is 16.7. The lowest BCUT2D eigenvalue weighted by molar-refractivity contribution is -0.115. The average Bonchev–Trinajstić information content (AvgIpc) is 3.03. The maximum atomic E-state index is 12.5. The van der Waals surface area contributed by atoms with E-state index >= 15 is 0 Å². The topological polar surface area (TPSA) is 76.0 Å². The predicted molar refractivity (Wildman–Crippen MR) is 92.2 cm³/mol. The number of aromatic nitrogens is 2. The molecule has 0 fully saturated rings. The zero-order valence-corrected chi connectivity index (χ0v) is 14.1. The first-order chi connectivity index (χ1) is 11.6. The number of benzene rings is 1. The molecule has 2 aromatic rings. The number of amides is 2. The minimum absolute atomic E-state index is 0.0232. The van der Waals surface area contributed by atoms with Crippen molar-refractivity contribution in [2.45, 2.75) is 42.5 Å². The third-order valence-corrected chi connectivity index (χ3v) is 5.62. The van der Waals surface area contributed by atoms with Gasteiger partial charge in [-0.3, -0.25) is 9.59 Å². The molecule has 0 saturated carbocycles. The number of nitrogens with one attached hydrogen (secondary N) is 2. The summed E-state index contributed by atoms with van der Waals surface area (Å²) < 4.78 is 2.08. The number of thioether (sulfide) groups is 1. The van der Waals surface area contributed by atoms with Crippen molar-refractivity contribution in [2.24, 2.45) is 0 Å². The van der Waals surface area contributed by atoms with Crippen LogP contribution >= 0.6 is 11.8 Å². The summed E-state index contributed by atoms with van der Waals surface area (Å²) in [6, 6.07) is 5.57. The fraction of sp³-hybridized carbons (Fsp3) is 0.353. The molecule has 1 aromatic heterocycles. The number of nitrogens with zero attached hydrogens (tertiary/aromatic N) is 2. The van der Waals surface area contributed by atoms with Gasteiger partial charge in [0.1, 0.15) is 5.82 Å². The largest absolute Gasteiger partial charge is 0.347 e. The number of carbonyl (C=O) groups excluding carboxylic acids is 2. The van der Waals surface area contributed by atoms with Crippen molar-refractivity contribution in [1.29, 1.82) is 0 Å². The first-order valence-corrected chi connectivity index (χ1v) is 8.90. The number of carbonyl (C=O) groups is 2. The number of aryl methyl sites for hydroxylation is 1. The Morgan fingerprint density at radius 1 is 1.46 bits per heavy atom. The molecule has 0 radical (unpaired) electrons. The van der Waals surface area contributed by atoms with E-state index in [4.69, 9.17) is 0 Å². The van der Waals surface area contributed by atoms with Gasteiger partial charge in [-0.05, 0) is 31.5 Å². The van der Waals surface area contributed by atoms with E-state index in [0.29, 0.717) is 5.56 Å². The zero-order valence-electron chi connectivity index (χ0n) is 13.3. The maximum absolute atomic E-state index is 12.5. The fourth-order valence-corrected chi connectivity index (χ4v) is 4.03. The van der Waals surface area contributed by atoms with Gasteiger partial charge in [0.05, 0.1) is 10.9 Å². The Bertz CT molecular complexity index is 817. The Labute approximate surface area is 144 Å². The Balaban J connectivity index is 1.47. The molecule has 7 heteroatoms. The Morgan fingerprint density at radius 2 is 2.33 bits per heavy atom. The number of imidazole rings is 1. The highest BCUT2D eigenvalue weighted by Gasteiger charge is 2.25. The second-order valence-electron chi connectivity index (χ2n) is 6.17. The average molecular weight is 342 g/mol. The van der Waals surface area contributed by atoms with Crippen LogP contribution in [0.4, 0.5) is 5.69 Å². The van der Waals surface area contributed by atoms with Crippen molar-refractivity contribution >= 4 is 29.3 Å². The molecule has 0 saturated heterocycles. The van der Waals surface area contributed by atoms with Gasteiger partial charge in [-0.15, -0.1) is 11.8 Å². The molecule has 124 valence electrons. The lowest BCUT2D eigenvalue weighted by atomic mass is 10.1. The molecule has 1 aromatic carbocycles. The van der Waals surface area contributed by atoms with Gasteiger partial charge in [0.15, 0.2) is 0 Å². The number of hydrogen-bond donors (Lipinski definition) is 2. The number of anilines is 1. The summed E-state index contributed by atoms with van der Waals surface area (Å²) in [5.41, 5.74) is 1.29. The van der Waals surface area contributed by atoms with Crippen LogP contribution in [-0.4, -0.2) is 32.7 Å².